The van der Waals surface area contributed by atoms with E-state index in [1.54, 1.807) is 11.4 Å². The zero-order valence-corrected chi connectivity index (χ0v) is 9.86. The first-order valence-electron chi connectivity index (χ1n) is 4.73. The minimum atomic E-state index is -4.36. The Morgan fingerprint density at radius 1 is 1.47 bits per heavy atom. The highest BCUT2D eigenvalue weighted by Crippen LogP contribution is 2.25. The van der Waals surface area contributed by atoms with Crippen molar-refractivity contribution in [3.05, 3.63) is 16.3 Å². The Labute approximate surface area is 100 Å². The number of Topliss-reactive ketones (excluding diaryl/α,β-unsaturated/α-hetero) is 1. The second kappa shape index (κ2) is 6.02. The van der Waals surface area contributed by atoms with Gasteiger partial charge in [-0.05, 0) is 11.4 Å². The summed E-state index contributed by atoms with van der Waals surface area (Å²) in [5.41, 5.74) is 0. The first kappa shape index (κ1) is 14.0. The highest BCUT2D eigenvalue weighted by atomic mass is 32.1. The van der Waals surface area contributed by atoms with Gasteiger partial charge in [-0.1, -0.05) is 0 Å². The molecule has 0 radical (unpaired) electrons. The van der Waals surface area contributed by atoms with Crippen molar-refractivity contribution in [2.75, 3.05) is 20.3 Å². The van der Waals surface area contributed by atoms with Gasteiger partial charge in [0.05, 0.1) is 13.7 Å². The fourth-order valence-corrected chi connectivity index (χ4v) is 1.96. The SMILES string of the molecule is COc1ccsc1C(=O)CCOCC(F)(F)F. The number of halogens is 3. The molecule has 0 saturated carbocycles. The van der Waals surface area contributed by atoms with Crippen LogP contribution in [0.1, 0.15) is 16.1 Å². The van der Waals surface area contributed by atoms with Crippen LogP contribution in [0.15, 0.2) is 11.4 Å². The van der Waals surface area contributed by atoms with Crippen LogP contribution in [0.5, 0.6) is 5.75 Å². The van der Waals surface area contributed by atoms with Crippen molar-refractivity contribution in [1.29, 1.82) is 0 Å². The number of thiophene rings is 1. The summed E-state index contributed by atoms with van der Waals surface area (Å²) < 4.78 is 44.5. The molecule has 0 aliphatic heterocycles. The lowest BCUT2D eigenvalue weighted by atomic mass is 10.2. The Morgan fingerprint density at radius 2 is 2.18 bits per heavy atom. The molecular formula is C10H11F3O3S. The molecule has 0 spiro atoms. The van der Waals surface area contributed by atoms with Gasteiger partial charge in [0.2, 0.25) is 0 Å². The van der Waals surface area contributed by atoms with E-state index in [0.29, 0.717) is 10.6 Å². The lowest BCUT2D eigenvalue weighted by molar-refractivity contribution is -0.173. The molecule has 1 heterocycles. The molecular weight excluding hydrogens is 257 g/mol. The molecule has 1 aromatic heterocycles. The zero-order valence-electron chi connectivity index (χ0n) is 9.04. The molecule has 7 heteroatoms. The smallest absolute Gasteiger partial charge is 0.411 e. The van der Waals surface area contributed by atoms with Gasteiger partial charge in [-0.15, -0.1) is 11.3 Å². The van der Waals surface area contributed by atoms with Gasteiger partial charge in [-0.2, -0.15) is 13.2 Å². The van der Waals surface area contributed by atoms with E-state index in [9.17, 15) is 18.0 Å². The van der Waals surface area contributed by atoms with Gasteiger partial charge in [0.15, 0.2) is 5.78 Å². The van der Waals surface area contributed by atoms with Gasteiger partial charge in [-0.3, -0.25) is 4.79 Å². The molecule has 17 heavy (non-hydrogen) atoms. The number of hydrogen-bond acceptors (Lipinski definition) is 4. The predicted octanol–water partition coefficient (Wildman–Crippen LogP) is 2.91. The monoisotopic (exact) mass is 268 g/mol. The lowest BCUT2D eigenvalue weighted by Crippen LogP contribution is -2.18. The third-order valence-corrected chi connectivity index (χ3v) is 2.78. The average molecular weight is 268 g/mol. The first-order valence-corrected chi connectivity index (χ1v) is 5.61. The maximum absolute atomic E-state index is 11.7. The quantitative estimate of drug-likeness (QED) is 0.588. The Hall–Kier alpha value is -1.08. The van der Waals surface area contributed by atoms with Crippen molar-refractivity contribution in [3.63, 3.8) is 0 Å². The minimum Gasteiger partial charge on any atom is -0.495 e. The molecule has 0 aliphatic carbocycles. The maximum Gasteiger partial charge on any atom is 0.411 e. The predicted molar refractivity (Wildman–Crippen MR) is 56.7 cm³/mol. The van der Waals surface area contributed by atoms with Crippen LogP contribution < -0.4 is 4.74 Å². The van der Waals surface area contributed by atoms with Crippen LogP contribution in [0, 0.1) is 0 Å². The number of alkyl halides is 3. The van der Waals surface area contributed by atoms with Crippen molar-refractivity contribution in [2.24, 2.45) is 0 Å². The maximum atomic E-state index is 11.7. The van der Waals surface area contributed by atoms with E-state index in [1.165, 1.54) is 18.4 Å². The molecule has 96 valence electrons. The number of rotatable bonds is 6. The van der Waals surface area contributed by atoms with E-state index < -0.39 is 12.8 Å². The van der Waals surface area contributed by atoms with Crippen LogP contribution in [0.3, 0.4) is 0 Å². The lowest BCUT2D eigenvalue weighted by Gasteiger charge is -2.07. The Kier molecular flexibility index (Phi) is 4.95. The first-order chi connectivity index (χ1) is 7.94. The topological polar surface area (TPSA) is 35.5 Å². The molecule has 0 fully saturated rings. The van der Waals surface area contributed by atoms with E-state index in [-0.39, 0.29) is 18.8 Å². The molecule has 0 unspecified atom stereocenters. The largest absolute Gasteiger partial charge is 0.495 e. The standard InChI is InChI=1S/C10H11F3O3S/c1-15-8-3-5-17-9(8)7(14)2-4-16-6-10(11,12)13/h3,5H,2,4,6H2,1H3. The highest BCUT2D eigenvalue weighted by Gasteiger charge is 2.27. The van der Waals surface area contributed by atoms with Gasteiger partial charge in [0.1, 0.15) is 17.2 Å². The molecule has 0 bridgehead atoms. The highest BCUT2D eigenvalue weighted by molar-refractivity contribution is 7.12. The third-order valence-electron chi connectivity index (χ3n) is 1.84. The van der Waals surface area contributed by atoms with Gasteiger partial charge >= 0.3 is 6.18 Å². The van der Waals surface area contributed by atoms with E-state index in [2.05, 4.69) is 4.74 Å². The summed E-state index contributed by atoms with van der Waals surface area (Å²) in [5, 5.41) is 1.68. The molecule has 0 aromatic carbocycles. The van der Waals surface area contributed by atoms with Gasteiger partial charge < -0.3 is 9.47 Å². The molecule has 0 amide bonds. The average Bonchev–Trinajstić information content (AvgIpc) is 2.70. The van der Waals surface area contributed by atoms with Crippen molar-refractivity contribution in [2.45, 2.75) is 12.6 Å². The molecule has 1 aromatic rings. The minimum absolute atomic E-state index is 0.0903. The fourth-order valence-electron chi connectivity index (χ4n) is 1.13. The van der Waals surface area contributed by atoms with Crippen LogP contribution in [0.4, 0.5) is 13.2 Å². The molecule has 1 rings (SSSR count). The molecule has 0 N–H and O–H groups in total. The number of carbonyl (C=O) groups excluding carboxylic acids is 1. The molecule has 0 saturated heterocycles. The van der Waals surface area contributed by atoms with Crippen LogP contribution in [-0.4, -0.2) is 32.3 Å². The number of ketones is 1. The van der Waals surface area contributed by atoms with Crippen molar-refractivity contribution >= 4 is 17.1 Å². The Bertz CT molecular complexity index is 373. The fraction of sp³-hybridized carbons (Fsp3) is 0.500. The van der Waals surface area contributed by atoms with Crippen molar-refractivity contribution in [3.8, 4) is 5.75 Å². The number of hydrogen-bond donors (Lipinski definition) is 0. The van der Waals surface area contributed by atoms with Gasteiger partial charge in [0, 0.05) is 6.42 Å². The number of methoxy groups -OCH3 is 1. The zero-order chi connectivity index (χ0) is 12.9. The van der Waals surface area contributed by atoms with Crippen LogP contribution in [-0.2, 0) is 4.74 Å². The van der Waals surface area contributed by atoms with E-state index in [0.717, 1.165) is 0 Å². The summed E-state index contributed by atoms with van der Waals surface area (Å²) in [5.74, 6) is 0.162. The Balaban J connectivity index is 2.36. The number of carbonyl (C=O) groups is 1. The summed E-state index contributed by atoms with van der Waals surface area (Å²) in [6, 6.07) is 1.63. The summed E-state index contributed by atoms with van der Waals surface area (Å²) in [7, 11) is 1.43. The summed E-state index contributed by atoms with van der Waals surface area (Å²) >= 11 is 1.19. The molecule has 0 aliphatic rings. The van der Waals surface area contributed by atoms with Crippen LogP contribution in [0.2, 0.25) is 0 Å². The van der Waals surface area contributed by atoms with Crippen LogP contribution >= 0.6 is 11.3 Å². The third kappa shape index (κ3) is 4.74. The summed E-state index contributed by atoms with van der Waals surface area (Å²) in [4.78, 5) is 12.0. The van der Waals surface area contributed by atoms with E-state index in [1.807, 2.05) is 0 Å². The van der Waals surface area contributed by atoms with Crippen LogP contribution in [0.25, 0.3) is 0 Å². The Morgan fingerprint density at radius 3 is 2.76 bits per heavy atom. The summed E-state index contributed by atoms with van der Waals surface area (Å²) in [6.45, 7) is -1.58. The number of ether oxygens (including phenoxy) is 2. The molecule has 0 atom stereocenters. The van der Waals surface area contributed by atoms with Gasteiger partial charge in [-0.25, -0.2) is 0 Å². The normalized spacial score (nSPS) is 11.5. The van der Waals surface area contributed by atoms with Crippen molar-refractivity contribution in [1.82, 2.24) is 0 Å². The van der Waals surface area contributed by atoms with Crippen molar-refractivity contribution < 1.29 is 27.4 Å². The second-order valence-electron chi connectivity index (χ2n) is 3.16. The second-order valence-corrected chi connectivity index (χ2v) is 4.08. The molecule has 3 nitrogen and oxygen atoms in total. The summed E-state index contributed by atoms with van der Waals surface area (Å²) in [6.07, 6.45) is -4.45. The van der Waals surface area contributed by atoms with E-state index >= 15 is 0 Å². The van der Waals surface area contributed by atoms with Gasteiger partial charge in [0.25, 0.3) is 0 Å². The van der Waals surface area contributed by atoms with E-state index in [4.69, 9.17) is 4.74 Å².